The SMILES string of the molecule is C#Cc1cc2c(cc1N1CCC(C3CC(c4cc(N5CCCc6cc(-c7cnn(C)c7)c(C(F)F)cc65)cc5c(C(=O)NC)cn(C)c45)CCO3)c3cc(-c4cnn(C)c4)c(C(F)F)cc31)n(C)c(=O)n2C. The van der Waals surface area contributed by atoms with E-state index < -0.39 is 12.9 Å². The maximum absolute atomic E-state index is 15.4. The number of terminal acetylenes is 1. The van der Waals surface area contributed by atoms with Crippen molar-refractivity contribution >= 4 is 50.6 Å². The molecule has 4 aromatic carbocycles. The molecule has 7 heterocycles. The molecule has 3 aliphatic rings. The van der Waals surface area contributed by atoms with Gasteiger partial charge in [-0.2, -0.15) is 10.2 Å². The topological polar surface area (TPSA) is 112 Å². The Balaban J connectivity index is 1.03. The van der Waals surface area contributed by atoms with Crippen LogP contribution in [0.5, 0.6) is 0 Å². The maximum Gasteiger partial charge on any atom is 0.328 e. The molecule has 1 fully saturated rings. The Hall–Kier alpha value is -7.58. The van der Waals surface area contributed by atoms with Crippen LogP contribution in [0.1, 0.15) is 94.1 Å². The maximum atomic E-state index is 15.4. The van der Waals surface area contributed by atoms with Crippen LogP contribution in [0.4, 0.5) is 40.3 Å². The van der Waals surface area contributed by atoms with Gasteiger partial charge in [-0.1, -0.05) is 5.92 Å². The van der Waals surface area contributed by atoms with Gasteiger partial charge in [-0.15, -0.1) is 6.42 Å². The molecule has 0 spiro atoms. The highest BCUT2D eigenvalue weighted by atomic mass is 19.3. The van der Waals surface area contributed by atoms with E-state index in [1.165, 1.54) is 0 Å². The largest absolute Gasteiger partial charge is 0.378 e. The van der Waals surface area contributed by atoms with E-state index in [1.807, 2.05) is 47.0 Å². The summed E-state index contributed by atoms with van der Waals surface area (Å²) in [6.45, 7) is 1.41. The van der Waals surface area contributed by atoms with Crippen LogP contribution >= 0.6 is 0 Å². The van der Waals surface area contributed by atoms with Gasteiger partial charge in [0.1, 0.15) is 0 Å². The van der Waals surface area contributed by atoms with Crippen molar-refractivity contribution in [2.75, 3.05) is 36.5 Å². The summed E-state index contributed by atoms with van der Waals surface area (Å²) in [5, 5.41) is 12.2. The van der Waals surface area contributed by atoms with Gasteiger partial charge in [0.2, 0.25) is 0 Å². The third kappa shape index (κ3) is 7.65. The van der Waals surface area contributed by atoms with E-state index in [0.29, 0.717) is 107 Å². The molecule has 4 aromatic heterocycles. The van der Waals surface area contributed by atoms with Gasteiger partial charge in [-0.05, 0) is 114 Å². The second kappa shape index (κ2) is 17.9. The third-order valence-electron chi connectivity index (χ3n) is 15.3. The third-order valence-corrected chi connectivity index (χ3v) is 15.3. The highest BCUT2D eigenvalue weighted by Gasteiger charge is 2.39. The minimum Gasteiger partial charge on any atom is -0.378 e. The first-order valence-electron chi connectivity index (χ1n) is 24.2. The quantitative estimate of drug-likeness (QED) is 0.113. The molecule has 17 heteroatoms. The monoisotopic (exact) mass is 978 g/mol. The Morgan fingerprint density at radius 2 is 1.44 bits per heavy atom. The number of anilines is 4. The Morgan fingerprint density at radius 1 is 0.778 bits per heavy atom. The molecule has 1 amide bonds. The molecule has 3 unspecified atom stereocenters. The number of carbonyl (C=O) groups excluding carboxylic acids is 1. The minimum absolute atomic E-state index is 0.0756. The fourth-order valence-electron chi connectivity index (χ4n) is 11.8. The van der Waals surface area contributed by atoms with Crippen LogP contribution in [0.2, 0.25) is 0 Å². The highest BCUT2D eigenvalue weighted by molar-refractivity contribution is 6.09. The van der Waals surface area contributed by atoms with Crippen LogP contribution in [-0.2, 0) is 46.4 Å². The Labute approximate surface area is 413 Å². The second-order valence-electron chi connectivity index (χ2n) is 19.5. The number of nitrogens with one attached hydrogen (secondary N) is 1. The number of amides is 1. The number of halogens is 4. The molecule has 13 nitrogen and oxygen atoms in total. The highest BCUT2D eigenvalue weighted by Crippen LogP contribution is 2.51. The van der Waals surface area contributed by atoms with Gasteiger partial charge < -0.3 is 24.4 Å². The molecule has 3 aliphatic heterocycles. The molecule has 8 aromatic rings. The number of hydrogen-bond acceptors (Lipinski definition) is 7. The number of rotatable bonds is 9. The number of carbonyl (C=O) groups is 1. The van der Waals surface area contributed by atoms with Crippen molar-refractivity contribution in [1.82, 2.24) is 38.6 Å². The van der Waals surface area contributed by atoms with Gasteiger partial charge in [0.25, 0.3) is 18.8 Å². The van der Waals surface area contributed by atoms with Crippen molar-refractivity contribution in [2.45, 2.75) is 62.9 Å². The first kappa shape index (κ1) is 46.8. The van der Waals surface area contributed by atoms with Crippen LogP contribution < -0.4 is 20.8 Å². The molecule has 370 valence electrons. The first-order valence-corrected chi connectivity index (χ1v) is 24.2. The van der Waals surface area contributed by atoms with E-state index in [9.17, 15) is 9.59 Å². The Bertz CT molecular complexity index is 3590. The number of ether oxygens (including phenoxy) is 1. The standard InChI is InChI=1S/C55H54F4N10O3/c1-8-30-17-48-49(67(7)55(71)66(48)6)24-46(30)69-14-11-36(40-21-38(34-26-62-65(5)28-34)43(53(58)59)23-47(40)69)50-18-31(12-15-72-50)39-19-35(20-41-44(54(70)60-2)29-63(3)51(39)41)68-13-9-10-32-16-37(33-25-61-64(4)27-33)42(52(56)57)22-45(32)68/h1,16-17,19-29,31,36,50,52-53H,9-15,18H2,2-7H3,(H,60,70). The van der Waals surface area contributed by atoms with E-state index in [0.717, 1.165) is 39.7 Å². The van der Waals surface area contributed by atoms with Crippen LogP contribution in [0.15, 0.2) is 84.3 Å². The summed E-state index contributed by atoms with van der Waals surface area (Å²) in [7, 11) is 10.4. The number of alkyl halides is 4. The van der Waals surface area contributed by atoms with E-state index in [-0.39, 0.29) is 40.7 Å². The molecular formula is C55H54F4N10O3. The summed E-state index contributed by atoms with van der Waals surface area (Å²) in [6.07, 6.45) is 12.1. The van der Waals surface area contributed by atoms with Gasteiger partial charge in [-0.3, -0.25) is 23.3 Å². The summed E-state index contributed by atoms with van der Waals surface area (Å²) in [6, 6.07) is 14.8. The molecule has 3 atom stereocenters. The number of imidazole rings is 1. The number of benzene rings is 4. The molecular weight excluding hydrogens is 925 g/mol. The fourth-order valence-corrected chi connectivity index (χ4v) is 11.8. The zero-order valence-corrected chi connectivity index (χ0v) is 40.9. The van der Waals surface area contributed by atoms with Crippen LogP contribution in [-0.4, -0.2) is 72.0 Å². The zero-order valence-electron chi connectivity index (χ0n) is 40.9. The van der Waals surface area contributed by atoms with Gasteiger partial charge >= 0.3 is 5.69 Å². The molecule has 11 rings (SSSR count). The summed E-state index contributed by atoms with van der Waals surface area (Å²) >= 11 is 0. The number of aromatic nitrogens is 7. The van der Waals surface area contributed by atoms with Crippen molar-refractivity contribution in [1.29, 1.82) is 0 Å². The molecule has 0 bridgehead atoms. The summed E-state index contributed by atoms with van der Waals surface area (Å²) in [5.74, 6) is 2.24. The Kier molecular flexibility index (Phi) is 11.6. The van der Waals surface area contributed by atoms with E-state index in [1.54, 1.807) is 96.7 Å². The predicted molar refractivity (Wildman–Crippen MR) is 271 cm³/mol. The average molecular weight is 979 g/mol. The van der Waals surface area contributed by atoms with Crippen molar-refractivity contribution in [3.8, 4) is 34.6 Å². The van der Waals surface area contributed by atoms with Crippen LogP contribution in [0, 0.1) is 12.3 Å². The van der Waals surface area contributed by atoms with E-state index in [4.69, 9.17) is 11.2 Å². The number of hydrogen-bond donors (Lipinski definition) is 1. The summed E-state index contributed by atoms with van der Waals surface area (Å²) in [5.41, 5.74) is 10.3. The van der Waals surface area contributed by atoms with Gasteiger partial charge in [0.05, 0.1) is 51.9 Å². The van der Waals surface area contributed by atoms with Gasteiger partial charge in [0.15, 0.2) is 0 Å². The minimum atomic E-state index is -2.82. The van der Waals surface area contributed by atoms with Gasteiger partial charge in [0, 0.05) is 131 Å². The molecule has 0 radical (unpaired) electrons. The lowest BCUT2D eigenvalue weighted by Crippen LogP contribution is -2.37. The Morgan fingerprint density at radius 3 is 2.08 bits per heavy atom. The lowest BCUT2D eigenvalue weighted by molar-refractivity contribution is -0.0116. The second-order valence-corrected chi connectivity index (χ2v) is 19.5. The molecule has 1 saturated heterocycles. The first-order chi connectivity index (χ1) is 34.6. The van der Waals surface area contributed by atoms with Crippen molar-refractivity contribution in [2.24, 2.45) is 35.2 Å². The van der Waals surface area contributed by atoms with Crippen LogP contribution in [0.25, 0.3) is 44.2 Å². The normalized spacial score (nSPS) is 18.1. The zero-order chi connectivity index (χ0) is 50.4. The van der Waals surface area contributed by atoms with Crippen molar-refractivity contribution in [3.63, 3.8) is 0 Å². The lowest BCUT2D eigenvalue weighted by atomic mass is 9.77. The predicted octanol–water partition coefficient (Wildman–Crippen LogP) is 10.1. The molecule has 0 saturated carbocycles. The molecule has 0 aliphatic carbocycles. The van der Waals surface area contributed by atoms with E-state index >= 15 is 17.6 Å². The molecule has 72 heavy (non-hydrogen) atoms. The number of nitrogens with zero attached hydrogens (tertiary/aromatic N) is 9. The number of aryl methyl sites for hydroxylation is 6. The number of fused-ring (bicyclic) bond motifs is 4. The van der Waals surface area contributed by atoms with E-state index in [2.05, 4.69) is 32.4 Å². The fraction of sp³-hybridized carbons (Fsp3) is 0.345. The van der Waals surface area contributed by atoms with Crippen molar-refractivity contribution in [3.05, 3.63) is 129 Å². The lowest BCUT2D eigenvalue weighted by Gasteiger charge is -2.42. The molecule has 1 N–H and O–H groups in total. The average Bonchev–Trinajstić information content (AvgIpc) is 4.16. The van der Waals surface area contributed by atoms with Crippen molar-refractivity contribution < 1.29 is 27.1 Å². The summed E-state index contributed by atoms with van der Waals surface area (Å²) in [4.78, 5) is 30.8. The summed E-state index contributed by atoms with van der Waals surface area (Å²) < 4.78 is 75.9. The van der Waals surface area contributed by atoms with Crippen LogP contribution in [0.3, 0.4) is 0 Å². The smallest absolute Gasteiger partial charge is 0.328 e. The van der Waals surface area contributed by atoms with Gasteiger partial charge in [-0.25, -0.2) is 22.4 Å².